The standard InChI is InChI=1S/C18H23N3O3S/c1-11-15(12(2)24-20-11)7-21-5-3-14-16(10-25-17(14)8-21)18(22)19-13-4-6-23-9-13/h10,13H,3-9H2,1-2H3,(H,19,22)/t13-/m0/s1. The van der Waals surface area contributed by atoms with E-state index in [1.165, 1.54) is 16.0 Å². The van der Waals surface area contributed by atoms with Gasteiger partial charge < -0.3 is 14.6 Å². The zero-order valence-corrected chi connectivity index (χ0v) is 15.4. The second-order valence-electron chi connectivity index (χ2n) is 6.85. The third-order valence-corrected chi connectivity index (χ3v) is 6.11. The summed E-state index contributed by atoms with van der Waals surface area (Å²) in [6.07, 6.45) is 1.81. The highest BCUT2D eigenvalue weighted by atomic mass is 32.1. The first-order valence-corrected chi connectivity index (χ1v) is 9.61. The van der Waals surface area contributed by atoms with Crippen LogP contribution in [0.3, 0.4) is 0 Å². The van der Waals surface area contributed by atoms with Gasteiger partial charge >= 0.3 is 0 Å². The second-order valence-corrected chi connectivity index (χ2v) is 7.81. The lowest BCUT2D eigenvalue weighted by atomic mass is 10.0. The van der Waals surface area contributed by atoms with Crippen LogP contribution in [0.25, 0.3) is 0 Å². The van der Waals surface area contributed by atoms with Gasteiger partial charge in [-0.1, -0.05) is 5.16 Å². The van der Waals surface area contributed by atoms with Crippen LogP contribution in [0, 0.1) is 13.8 Å². The molecular formula is C18H23N3O3S. The van der Waals surface area contributed by atoms with Crippen molar-refractivity contribution < 1.29 is 14.1 Å². The molecule has 0 radical (unpaired) electrons. The van der Waals surface area contributed by atoms with E-state index in [1.807, 2.05) is 19.2 Å². The molecule has 4 rings (SSSR count). The largest absolute Gasteiger partial charge is 0.379 e. The van der Waals surface area contributed by atoms with Crippen LogP contribution in [0.2, 0.25) is 0 Å². The van der Waals surface area contributed by atoms with Crippen molar-refractivity contribution in [1.82, 2.24) is 15.4 Å². The summed E-state index contributed by atoms with van der Waals surface area (Å²) in [7, 11) is 0. The van der Waals surface area contributed by atoms with E-state index in [2.05, 4.69) is 15.4 Å². The first kappa shape index (κ1) is 16.8. The van der Waals surface area contributed by atoms with E-state index < -0.39 is 0 Å². The summed E-state index contributed by atoms with van der Waals surface area (Å²) in [4.78, 5) is 16.3. The van der Waals surface area contributed by atoms with E-state index in [1.54, 1.807) is 11.3 Å². The molecule has 0 unspecified atom stereocenters. The molecule has 2 aliphatic heterocycles. The number of rotatable bonds is 4. The molecule has 1 atom stereocenters. The van der Waals surface area contributed by atoms with Crippen molar-refractivity contribution in [2.45, 2.75) is 45.8 Å². The average molecular weight is 361 g/mol. The highest BCUT2D eigenvalue weighted by Crippen LogP contribution is 2.30. The molecule has 25 heavy (non-hydrogen) atoms. The maximum Gasteiger partial charge on any atom is 0.252 e. The van der Waals surface area contributed by atoms with E-state index >= 15 is 0 Å². The van der Waals surface area contributed by atoms with Gasteiger partial charge in [0.2, 0.25) is 0 Å². The van der Waals surface area contributed by atoms with Crippen LogP contribution in [0.4, 0.5) is 0 Å². The van der Waals surface area contributed by atoms with Crippen molar-refractivity contribution in [1.29, 1.82) is 0 Å². The Labute approximate surface area is 151 Å². The van der Waals surface area contributed by atoms with Crippen LogP contribution >= 0.6 is 11.3 Å². The number of carbonyl (C=O) groups excluding carboxylic acids is 1. The van der Waals surface area contributed by atoms with Crippen LogP contribution < -0.4 is 5.32 Å². The Morgan fingerprint density at radius 1 is 1.48 bits per heavy atom. The minimum absolute atomic E-state index is 0.0483. The molecule has 1 amide bonds. The number of amides is 1. The van der Waals surface area contributed by atoms with E-state index in [0.717, 1.165) is 56.1 Å². The van der Waals surface area contributed by atoms with Crippen LogP contribution in [0.5, 0.6) is 0 Å². The number of nitrogens with zero attached hydrogens (tertiary/aromatic N) is 2. The number of nitrogens with one attached hydrogen (secondary N) is 1. The fourth-order valence-corrected chi connectivity index (χ4v) is 4.69. The summed E-state index contributed by atoms with van der Waals surface area (Å²) < 4.78 is 10.6. The molecule has 1 fully saturated rings. The van der Waals surface area contributed by atoms with Crippen molar-refractivity contribution in [2.75, 3.05) is 19.8 Å². The summed E-state index contributed by atoms with van der Waals surface area (Å²) in [5, 5.41) is 9.15. The van der Waals surface area contributed by atoms with Crippen molar-refractivity contribution >= 4 is 17.2 Å². The monoisotopic (exact) mass is 361 g/mol. The predicted molar refractivity (Wildman–Crippen MR) is 94.8 cm³/mol. The topological polar surface area (TPSA) is 67.6 Å². The highest BCUT2D eigenvalue weighted by molar-refractivity contribution is 7.10. The molecule has 6 nitrogen and oxygen atoms in total. The Kier molecular flexibility index (Phi) is 4.62. The second kappa shape index (κ2) is 6.90. The molecule has 134 valence electrons. The Hall–Kier alpha value is -1.70. The molecule has 2 aromatic heterocycles. The summed E-state index contributed by atoms with van der Waals surface area (Å²) in [5.41, 5.74) is 4.22. The van der Waals surface area contributed by atoms with E-state index in [0.29, 0.717) is 6.61 Å². The molecule has 2 aromatic rings. The quantitative estimate of drug-likeness (QED) is 0.906. The summed E-state index contributed by atoms with van der Waals surface area (Å²) in [6, 6.07) is 0.155. The van der Waals surface area contributed by atoms with Gasteiger partial charge in [-0.25, -0.2) is 0 Å². The van der Waals surface area contributed by atoms with Crippen molar-refractivity contribution in [2.24, 2.45) is 0 Å². The Morgan fingerprint density at radius 2 is 2.36 bits per heavy atom. The molecule has 1 N–H and O–H groups in total. The molecule has 4 heterocycles. The number of hydrogen-bond acceptors (Lipinski definition) is 6. The van der Waals surface area contributed by atoms with Gasteiger partial charge in [-0.2, -0.15) is 0 Å². The molecule has 0 bridgehead atoms. The fraction of sp³-hybridized carbons (Fsp3) is 0.556. The van der Waals surface area contributed by atoms with Gasteiger partial charge in [0.15, 0.2) is 0 Å². The maximum atomic E-state index is 12.6. The molecule has 1 saturated heterocycles. The number of aromatic nitrogens is 1. The SMILES string of the molecule is Cc1noc(C)c1CN1CCc2c(C(=O)N[C@H]3CCOC3)csc2C1. The maximum absolute atomic E-state index is 12.6. The van der Waals surface area contributed by atoms with E-state index in [-0.39, 0.29) is 11.9 Å². The van der Waals surface area contributed by atoms with Crippen LogP contribution in [0.15, 0.2) is 9.90 Å². The third-order valence-electron chi connectivity index (χ3n) is 5.10. The van der Waals surface area contributed by atoms with Crippen molar-refractivity contribution in [3.63, 3.8) is 0 Å². The van der Waals surface area contributed by atoms with Gasteiger partial charge in [0.25, 0.3) is 5.91 Å². The number of aryl methyl sites for hydroxylation is 2. The zero-order valence-electron chi connectivity index (χ0n) is 14.6. The van der Waals surface area contributed by atoms with Crippen molar-refractivity contribution in [3.8, 4) is 0 Å². The van der Waals surface area contributed by atoms with Gasteiger partial charge in [0, 0.05) is 42.1 Å². The van der Waals surface area contributed by atoms with Gasteiger partial charge in [0.1, 0.15) is 5.76 Å². The highest BCUT2D eigenvalue weighted by Gasteiger charge is 2.26. The van der Waals surface area contributed by atoms with Gasteiger partial charge in [-0.15, -0.1) is 11.3 Å². The zero-order chi connectivity index (χ0) is 17.4. The van der Waals surface area contributed by atoms with Crippen LogP contribution in [0.1, 0.15) is 44.2 Å². The molecule has 2 aliphatic rings. The number of hydrogen-bond donors (Lipinski definition) is 1. The van der Waals surface area contributed by atoms with Gasteiger partial charge in [-0.3, -0.25) is 9.69 Å². The first-order valence-electron chi connectivity index (χ1n) is 8.73. The number of thiophene rings is 1. The van der Waals surface area contributed by atoms with Crippen molar-refractivity contribution in [3.05, 3.63) is 38.4 Å². The van der Waals surface area contributed by atoms with Gasteiger partial charge in [0.05, 0.1) is 23.9 Å². The molecule has 7 heteroatoms. The van der Waals surface area contributed by atoms with Crippen LogP contribution in [-0.4, -0.2) is 41.8 Å². The number of carbonyl (C=O) groups is 1. The van der Waals surface area contributed by atoms with Gasteiger partial charge in [-0.05, 0) is 32.3 Å². The Balaban J connectivity index is 1.44. The first-order chi connectivity index (χ1) is 12.1. The molecule has 0 aromatic carbocycles. The predicted octanol–water partition coefficient (Wildman–Crippen LogP) is 2.43. The summed E-state index contributed by atoms with van der Waals surface area (Å²) >= 11 is 1.69. The Bertz CT molecular complexity index is 757. The minimum atomic E-state index is 0.0483. The number of ether oxygens (including phenoxy) is 1. The lowest BCUT2D eigenvalue weighted by Crippen LogP contribution is -2.36. The van der Waals surface area contributed by atoms with Crippen LogP contribution in [-0.2, 0) is 24.2 Å². The lowest BCUT2D eigenvalue weighted by molar-refractivity contribution is 0.0928. The number of fused-ring (bicyclic) bond motifs is 1. The normalized spacial score (nSPS) is 20.6. The third kappa shape index (κ3) is 3.36. The molecule has 0 saturated carbocycles. The molecular weight excluding hydrogens is 338 g/mol. The van der Waals surface area contributed by atoms with E-state index in [4.69, 9.17) is 9.26 Å². The lowest BCUT2D eigenvalue weighted by Gasteiger charge is -2.27. The molecule has 0 spiro atoms. The minimum Gasteiger partial charge on any atom is -0.379 e. The smallest absolute Gasteiger partial charge is 0.252 e. The van der Waals surface area contributed by atoms with E-state index in [9.17, 15) is 4.79 Å². The summed E-state index contributed by atoms with van der Waals surface area (Å²) in [5.74, 6) is 0.945. The Morgan fingerprint density at radius 3 is 3.08 bits per heavy atom. The summed E-state index contributed by atoms with van der Waals surface area (Å²) in [6.45, 7) is 7.99. The molecule has 0 aliphatic carbocycles. The average Bonchev–Trinajstić information content (AvgIpc) is 3.31. The fourth-order valence-electron chi connectivity index (χ4n) is 3.57.